The maximum atomic E-state index is 4.38. The van der Waals surface area contributed by atoms with Crippen LogP contribution in [0.25, 0.3) is 11.0 Å². The molecule has 5 nitrogen and oxygen atoms in total. The monoisotopic (exact) mass is 245 g/mol. The van der Waals surface area contributed by atoms with E-state index in [2.05, 4.69) is 20.6 Å². The van der Waals surface area contributed by atoms with Crippen LogP contribution in [0.2, 0.25) is 0 Å². The number of nitrogens with one attached hydrogen (secondary N) is 2. The molecule has 0 amide bonds. The number of rotatable bonds is 6. The van der Waals surface area contributed by atoms with Crippen LogP contribution >= 0.6 is 0 Å². The van der Waals surface area contributed by atoms with Crippen molar-refractivity contribution in [1.82, 2.24) is 19.9 Å². The molecule has 18 heavy (non-hydrogen) atoms. The van der Waals surface area contributed by atoms with E-state index in [0.717, 1.165) is 42.4 Å². The van der Waals surface area contributed by atoms with Crippen molar-refractivity contribution < 1.29 is 0 Å². The number of anilines is 1. The van der Waals surface area contributed by atoms with Crippen LogP contribution in [0.3, 0.4) is 0 Å². The molecule has 3 rings (SSSR count). The quantitative estimate of drug-likeness (QED) is 0.758. The van der Waals surface area contributed by atoms with E-state index in [4.69, 9.17) is 0 Å². The second-order valence-electron chi connectivity index (χ2n) is 4.89. The minimum atomic E-state index is 0.794. The van der Waals surface area contributed by atoms with Crippen molar-refractivity contribution in [2.24, 2.45) is 7.05 Å². The fraction of sp³-hybridized carbons (Fsp3) is 0.538. The number of imidazole rings is 1. The summed E-state index contributed by atoms with van der Waals surface area (Å²) in [6.45, 7) is 2.01. The van der Waals surface area contributed by atoms with Crippen molar-refractivity contribution >= 4 is 16.9 Å². The van der Waals surface area contributed by atoms with E-state index in [1.807, 2.05) is 30.2 Å². The van der Waals surface area contributed by atoms with Crippen molar-refractivity contribution in [3.05, 3.63) is 18.6 Å². The third kappa shape index (κ3) is 2.46. The van der Waals surface area contributed by atoms with Gasteiger partial charge in [0.25, 0.3) is 0 Å². The van der Waals surface area contributed by atoms with Crippen molar-refractivity contribution in [2.45, 2.75) is 25.3 Å². The van der Waals surface area contributed by atoms with E-state index < -0.39 is 0 Å². The van der Waals surface area contributed by atoms with E-state index in [1.54, 1.807) is 0 Å². The topological polar surface area (TPSA) is 54.8 Å². The Bertz CT molecular complexity index is 529. The average molecular weight is 245 g/mol. The van der Waals surface area contributed by atoms with Crippen LogP contribution in [0.5, 0.6) is 0 Å². The first-order valence-corrected chi connectivity index (χ1v) is 6.58. The molecule has 0 saturated heterocycles. The highest BCUT2D eigenvalue weighted by Gasteiger charge is 2.19. The Hall–Kier alpha value is -1.62. The average Bonchev–Trinajstić information content (AvgIpc) is 3.13. The largest absolute Gasteiger partial charge is 0.368 e. The third-order valence-corrected chi connectivity index (χ3v) is 3.30. The molecule has 0 atom stereocenters. The highest BCUT2D eigenvalue weighted by molar-refractivity contribution is 5.85. The van der Waals surface area contributed by atoms with Gasteiger partial charge >= 0.3 is 0 Å². The summed E-state index contributed by atoms with van der Waals surface area (Å²) in [5.74, 6) is 0.888. The lowest BCUT2D eigenvalue weighted by Gasteiger charge is -2.06. The SMILES string of the molecule is Cn1cnc2c(NCCCNC3CC3)nccc21. The summed E-state index contributed by atoms with van der Waals surface area (Å²) >= 11 is 0. The van der Waals surface area contributed by atoms with Gasteiger partial charge in [0.1, 0.15) is 5.52 Å². The predicted octanol–water partition coefficient (Wildman–Crippen LogP) is 1.52. The van der Waals surface area contributed by atoms with Gasteiger partial charge in [0.15, 0.2) is 5.82 Å². The smallest absolute Gasteiger partial charge is 0.154 e. The van der Waals surface area contributed by atoms with E-state index >= 15 is 0 Å². The van der Waals surface area contributed by atoms with Gasteiger partial charge in [0.2, 0.25) is 0 Å². The van der Waals surface area contributed by atoms with E-state index in [9.17, 15) is 0 Å². The molecule has 96 valence electrons. The number of aromatic nitrogens is 3. The zero-order valence-electron chi connectivity index (χ0n) is 10.7. The van der Waals surface area contributed by atoms with Crippen LogP contribution in [0.1, 0.15) is 19.3 Å². The van der Waals surface area contributed by atoms with E-state index in [-0.39, 0.29) is 0 Å². The maximum Gasteiger partial charge on any atom is 0.154 e. The number of aryl methyl sites for hydroxylation is 1. The minimum absolute atomic E-state index is 0.794. The van der Waals surface area contributed by atoms with Gasteiger partial charge in [-0.1, -0.05) is 0 Å². The summed E-state index contributed by atoms with van der Waals surface area (Å²) < 4.78 is 2.01. The number of pyridine rings is 1. The highest BCUT2D eigenvalue weighted by atomic mass is 15.1. The molecule has 2 heterocycles. The summed E-state index contributed by atoms with van der Waals surface area (Å²) in [5.41, 5.74) is 2.07. The number of hydrogen-bond donors (Lipinski definition) is 2. The second kappa shape index (κ2) is 4.94. The van der Waals surface area contributed by atoms with E-state index in [0.29, 0.717) is 0 Å². The zero-order valence-corrected chi connectivity index (χ0v) is 10.7. The lowest BCUT2D eigenvalue weighted by Crippen LogP contribution is -2.20. The van der Waals surface area contributed by atoms with Crippen molar-refractivity contribution in [3.63, 3.8) is 0 Å². The van der Waals surface area contributed by atoms with Crippen LogP contribution in [-0.4, -0.2) is 33.7 Å². The fourth-order valence-electron chi connectivity index (χ4n) is 2.08. The Morgan fingerprint density at radius 1 is 1.33 bits per heavy atom. The van der Waals surface area contributed by atoms with Crippen LogP contribution < -0.4 is 10.6 Å². The summed E-state index contributed by atoms with van der Waals surface area (Å²) in [5, 5.41) is 6.87. The Kier molecular flexibility index (Phi) is 3.15. The molecule has 1 aliphatic carbocycles. The van der Waals surface area contributed by atoms with Gasteiger partial charge in [-0.25, -0.2) is 9.97 Å². The normalized spacial score (nSPS) is 15.2. The minimum Gasteiger partial charge on any atom is -0.368 e. The van der Waals surface area contributed by atoms with Crippen molar-refractivity contribution in [2.75, 3.05) is 18.4 Å². The van der Waals surface area contributed by atoms with Crippen LogP contribution in [0.4, 0.5) is 5.82 Å². The first-order chi connectivity index (χ1) is 8.84. The molecule has 5 heteroatoms. The predicted molar refractivity (Wildman–Crippen MR) is 72.6 cm³/mol. The number of nitrogens with zero attached hydrogens (tertiary/aromatic N) is 3. The lowest BCUT2D eigenvalue weighted by molar-refractivity contribution is 0.658. The molecule has 0 unspecified atom stereocenters. The Balaban J connectivity index is 1.56. The van der Waals surface area contributed by atoms with Crippen LogP contribution in [0.15, 0.2) is 18.6 Å². The molecule has 0 aliphatic heterocycles. The van der Waals surface area contributed by atoms with Crippen LogP contribution in [0, 0.1) is 0 Å². The van der Waals surface area contributed by atoms with Gasteiger partial charge in [-0.3, -0.25) is 0 Å². The highest BCUT2D eigenvalue weighted by Crippen LogP contribution is 2.19. The molecule has 0 radical (unpaired) electrons. The van der Waals surface area contributed by atoms with Gasteiger partial charge in [-0.05, 0) is 31.9 Å². The number of fused-ring (bicyclic) bond motifs is 1. The Morgan fingerprint density at radius 2 is 2.22 bits per heavy atom. The van der Waals surface area contributed by atoms with Gasteiger partial charge < -0.3 is 15.2 Å². The van der Waals surface area contributed by atoms with Gasteiger partial charge in [-0.15, -0.1) is 0 Å². The summed E-state index contributed by atoms with van der Waals surface area (Å²) in [7, 11) is 2.00. The Morgan fingerprint density at radius 3 is 3.06 bits per heavy atom. The maximum absolute atomic E-state index is 4.38. The van der Waals surface area contributed by atoms with Crippen molar-refractivity contribution in [3.8, 4) is 0 Å². The zero-order chi connectivity index (χ0) is 12.4. The summed E-state index contributed by atoms with van der Waals surface area (Å²) in [6.07, 6.45) is 7.47. The molecule has 1 fully saturated rings. The van der Waals surface area contributed by atoms with Gasteiger partial charge in [0.05, 0.1) is 11.8 Å². The molecule has 2 aromatic rings. The lowest BCUT2D eigenvalue weighted by atomic mass is 10.3. The molecule has 1 aliphatic rings. The van der Waals surface area contributed by atoms with Crippen LogP contribution in [-0.2, 0) is 7.05 Å². The van der Waals surface area contributed by atoms with Crippen molar-refractivity contribution in [1.29, 1.82) is 0 Å². The van der Waals surface area contributed by atoms with Gasteiger partial charge in [0, 0.05) is 25.8 Å². The molecule has 0 aromatic carbocycles. The molecule has 1 saturated carbocycles. The molecular formula is C13H19N5. The molecule has 0 bridgehead atoms. The third-order valence-electron chi connectivity index (χ3n) is 3.30. The first-order valence-electron chi connectivity index (χ1n) is 6.58. The molecular weight excluding hydrogens is 226 g/mol. The second-order valence-corrected chi connectivity index (χ2v) is 4.89. The molecule has 2 N–H and O–H groups in total. The Labute approximate surface area is 107 Å². The van der Waals surface area contributed by atoms with Gasteiger partial charge in [-0.2, -0.15) is 0 Å². The van der Waals surface area contributed by atoms with E-state index in [1.165, 1.54) is 12.8 Å². The summed E-state index contributed by atoms with van der Waals surface area (Å²) in [6, 6.07) is 2.78. The molecule has 2 aromatic heterocycles. The summed E-state index contributed by atoms with van der Waals surface area (Å²) in [4.78, 5) is 8.74. The fourth-order valence-corrected chi connectivity index (χ4v) is 2.08. The molecule has 0 spiro atoms. The standard InChI is InChI=1S/C13H19N5/c1-18-9-17-12-11(18)5-8-16-13(12)15-7-2-6-14-10-3-4-10/h5,8-10,14H,2-4,6-7H2,1H3,(H,15,16). The first kappa shape index (κ1) is 11.5. The number of hydrogen-bond acceptors (Lipinski definition) is 4.